The minimum Gasteiger partial charge on any atom is -0.155 e. The van der Waals surface area contributed by atoms with E-state index in [1.54, 1.807) is 0 Å². The lowest BCUT2D eigenvalue weighted by Gasteiger charge is -2.04. The van der Waals surface area contributed by atoms with Crippen molar-refractivity contribution in [2.75, 3.05) is 0 Å². The Morgan fingerprint density at radius 1 is 0.938 bits per heavy atom. The molecular weight excluding hydrogens is 311 g/mol. The zero-order valence-electron chi connectivity index (χ0n) is 9.31. The van der Waals surface area contributed by atoms with Gasteiger partial charge in [0.05, 0.1) is 11.4 Å². The second kappa shape index (κ2) is 4.91. The molecule has 2 nitrogen and oxygen atoms in total. The zero-order chi connectivity index (χ0) is 11.5. The van der Waals surface area contributed by atoms with Crippen LogP contribution in [0.5, 0.6) is 0 Å². The van der Waals surface area contributed by atoms with E-state index >= 15 is 0 Å². The molecule has 0 saturated heterocycles. The van der Waals surface area contributed by atoms with Gasteiger partial charge in [0.15, 0.2) is 0 Å². The second-order valence-corrected chi connectivity index (χ2v) is 5.25. The molecule has 0 N–H and O–H groups in total. The molecule has 1 aromatic carbocycles. The van der Waals surface area contributed by atoms with Crippen molar-refractivity contribution < 1.29 is 0 Å². The first kappa shape index (κ1) is 11.5. The monoisotopic (exact) mass is 324 g/mol. The summed E-state index contributed by atoms with van der Waals surface area (Å²) >= 11 is 2.29. The summed E-state index contributed by atoms with van der Waals surface area (Å²) in [6, 6.07) is 12.4. The fourth-order valence-electron chi connectivity index (χ4n) is 1.43. The fraction of sp³-hybridized carbons (Fsp3) is 0.231. The second-order valence-electron chi connectivity index (χ2n) is 4.01. The molecule has 0 aliphatic carbocycles. The van der Waals surface area contributed by atoms with Crippen LogP contribution < -0.4 is 0 Å². The Morgan fingerprint density at radius 3 is 2.12 bits per heavy atom. The SMILES string of the molecule is CC(C)c1ccc(-c2ccc(I)cc2)nn1. The molecule has 0 spiro atoms. The summed E-state index contributed by atoms with van der Waals surface area (Å²) in [7, 11) is 0. The minimum atomic E-state index is 0.429. The Bertz CT molecular complexity index is 460. The smallest absolute Gasteiger partial charge is 0.0929 e. The number of nitrogens with zero attached hydrogens (tertiary/aromatic N) is 2. The van der Waals surface area contributed by atoms with E-state index in [0.29, 0.717) is 5.92 Å². The number of rotatable bonds is 2. The lowest BCUT2D eigenvalue weighted by Crippen LogP contribution is -1.96. The number of benzene rings is 1. The van der Waals surface area contributed by atoms with Gasteiger partial charge in [-0.2, -0.15) is 10.2 Å². The first-order valence-electron chi connectivity index (χ1n) is 5.26. The molecule has 16 heavy (non-hydrogen) atoms. The van der Waals surface area contributed by atoms with Crippen LogP contribution in [-0.4, -0.2) is 10.2 Å². The van der Waals surface area contributed by atoms with Crippen molar-refractivity contribution in [3.63, 3.8) is 0 Å². The van der Waals surface area contributed by atoms with Crippen LogP contribution in [0.3, 0.4) is 0 Å². The van der Waals surface area contributed by atoms with E-state index < -0.39 is 0 Å². The molecule has 0 saturated carbocycles. The van der Waals surface area contributed by atoms with E-state index in [0.717, 1.165) is 17.0 Å². The summed E-state index contributed by atoms with van der Waals surface area (Å²) in [6.07, 6.45) is 0. The molecule has 0 radical (unpaired) electrons. The molecule has 0 bridgehead atoms. The highest BCUT2D eigenvalue weighted by atomic mass is 127. The summed E-state index contributed by atoms with van der Waals surface area (Å²) < 4.78 is 1.23. The van der Waals surface area contributed by atoms with Crippen LogP contribution in [0.15, 0.2) is 36.4 Å². The zero-order valence-corrected chi connectivity index (χ0v) is 11.5. The average Bonchev–Trinajstić information content (AvgIpc) is 2.30. The number of aromatic nitrogens is 2. The Morgan fingerprint density at radius 2 is 1.62 bits per heavy atom. The highest BCUT2D eigenvalue weighted by Crippen LogP contribution is 2.19. The third-order valence-corrected chi connectivity index (χ3v) is 3.14. The molecule has 2 aromatic rings. The van der Waals surface area contributed by atoms with E-state index in [9.17, 15) is 0 Å². The predicted molar refractivity (Wildman–Crippen MR) is 74.3 cm³/mol. The molecule has 0 aliphatic heterocycles. The van der Waals surface area contributed by atoms with Crippen molar-refractivity contribution in [3.8, 4) is 11.3 Å². The molecule has 0 fully saturated rings. The molecule has 0 amide bonds. The van der Waals surface area contributed by atoms with Gasteiger partial charge < -0.3 is 0 Å². The molecule has 0 unspecified atom stereocenters. The van der Waals surface area contributed by atoms with E-state index in [2.05, 4.69) is 70.9 Å². The van der Waals surface area contributed by atoms with Crippen molar-refractivity contribution in [3.05, 3.63) is 45.7 Å². The first-order chi connectivity index (χ1) is 7.66. The van der Waals surface area contributed by atoms with Crippen LogP contribution in [0.4, 0.5) is 0 Å². The van der Waals surface area contributed by atoms with Crippen molar-refractivity contribution in [1.82, 2.24) is 10.2 Å². The first-order valence-corrected chi connectivity index (χ1v) is 6.34. The van der Waals surface area contributed by atoms with Crippen LogP contribution in [0.1, 0.15) is 25.5 Å². The molecule has 0 atom stereocenters. The molecular formula is C13H13IN2. The summed E-state index contributed by atoms with van der Waals surface area (Å²) in [5.41, 5.74) is 3.08. The normalized spacial score (nSPS) is 10.8. The topological polar surface area (TPSA) is 25.8 Å². The van der Waals surface area contributed by atoms with Gasteiger partial charge >= 0.3 is 0 Å². The predicted octanol–water partition coefficient (Wildman–Crippen LogP) is 3.87. The summed E-state index contributed by atoms with van der Waals surface area (Å²) in [5.74, 6) is 0.429. The van der Waals surface area contributed by atoms with Crippen LogP contribution in [0.25, 0.3) is 11.3 Å². The van der Waals surface area contributed by atoms with Crippen molar-refractivity contribution in [2.45, 2.75) is 19.8 Å². The van der Waals surface area contributed by atoms with Gasteiger partial charge in [0, 0.05) is 9.13 Å². The molecule has 2 rings (SSSR count). The maximum absolute atomic E-state index is 4.25. The van der Waals surface area contributed by atoms with E-state index in [-0.39, 0.29) is 0 Å². The molecule has 3 heteroatoms. The summed E-state index contributed by atoms with van der Waals surface area (Å²) in [6.45, 7) is 4.24. The van der Waals surface area contributed by atoms with Gasteiger partial charge in [-0.15, -0.1) is 0 Å². The quantitative estimate of drug-likeness (QED) is 0.784. The van der Waals surface area contributed by atoms with Crippen LogP contribution >= 0.6 is 22.6 Å². The Labute approximate surface area is 109 Å². The van der Waals surface area contributed by atoms with Gasteiger partial charge in [-0.25, -0.2) is 0 Å². The summed E-state index contributed by atoms with van der Waals surface area (Å²) in [4.78, 5) is 0. The maximum atomic E-state index is 4.25. The molecule has 1 heterocycles. The third-order valence-electron chi connectivity index (χ3n) is 2.42. The number of hydrogen-bond donors (Lipinski definition) is 0. The minimum absolute atomic E-state index is 0.429. The number of hydrogen-bond acceptors (Lipinski definition) is 2. The van der Waals surface area contributed by atoms with Gasteiger partial charge in [0.25, 0.3) is 0 Å². The average molecular weight is 324 g/mol. The van der Waals surface area contributed by atoms with Crippen LogP contribution in [0.2, 0.25) is 0 Å². The maximum Gasteiger partial charge on any atom is 0.0929 e. The van der Waals surface area contributed by atoms with Gasteiger partial charge in [-0.05, 0) is 52.8 Å². The van der Waals surface area contributed by atoms with Gasteiger partial charge in [0.2, 0.25) is 0 Å². The van der Waals surface area contributed by atoms with E-state index in [1.807, 2.05) is 12.1 Å². The number of halogens is 1. The fourth-order valence-corrected chi connectivity index (χ4v) is 1.78. The Hall–Kier alpha value is -0.970. The lowest BCUT2D eigenvalue weighted by atomic mass is 10.1. The largest absolute Gasteiger partial charge is 0.155 e. The van der Waals surface area contributed by atoms with E-state index in [4.69, 9.17) is 0 Å². The molecule has 1 aromatic heterocycles. The van der Waals surface area contributed by atoms with Gasteiger partial charge in [0.1, 0.15) is 0 Å². The summed E-state index contributed by atoms with van der Waals surface area (Å²) in [5, 5.41) is 8.47. The van der Waals surface area contributed by atoms with Crippen molar-refractivity contribution >= 4 is 22.6 Å². The van der Waals surface area contributed by atoms with E-state index in [1.165, 1.54) is 3.57 Å². The standard InChI is InChI=1S/C13H13IN2/c1-9(2)12-7-8-13(16-15-12)10-3-5-11(14)6-4-10/h3-9H,1-2H3. The van der Waals surface area contributed by atoms with Gasteiger partial charge in [-0.1, -0.05) is 26.0 Å². The van der Waals surface area contributed by atoms with Crippen LogP contribution in [0, 0.1) is 3.57 Å². The van der Waals surface area contributed by atoms with Crippen LogP contribution in [-0.2, 0) is 0 Å². The lowest BCUT2D eigenvalue weighted by molar-refractivity contribution is 0.787. The Kier molecular flexibility index (Phi) is 3.53. The highest BCUT2D eigenvalue weighted by molar-refractivity contribution is 14.1. The third kappa shape index (κ3) is 2.58. The van der Waals surface area contributed by atoms with Gasteiger partial charge in [-0.3, -0.25) is 0 Å². The molecule has 82 valence electrons. The highest BCUT2D eigenvalue weighted by Gasteiger charge is 2.03. The molecule has 0 aliphatic rings. The van der Waals surface area contributed by atoms with Crippen molar-refractivity contribution in [1.29, 1.82) is 0 Å². The Balaban J connectivity index is 2.31. The van der Waals surface area contributed by atoms with Crippen molar-refractivity contribution in [2.24, 2.45) is 0 Å².